The predicted octanol–water partition coefficient (Wildman–Crippen LogP) is 2.01. The molecule has 3 heteroatoms. The molecular weight excluding hydrogens is 144 g/mol. The number of hydrogen-bond acceptors (Lipinski definition) is 2. The number of aromatic nitrogens is 2. The molecule has 0 aromatic carbocycles. The topological polar surface area (TPSA) is 17.8 Å². The maximum Gasteiger partial charge on any atom is 0.0625 e. The van der Waals surface area contributed by atoms with E-state index in [0.29, 0.717) is 0 Å². The third kappa shape index (κ3) is 1.77. The maximum absolute atomic E-state index is 4.17. The van der Waals surface area contributed by atoms with Gasteiger partial charge >= 0.3 is 0 Å². The molecule has 0 aliphatic heterocycles. The number of aryl methyl sites for hydroxylation is 1. The molecule has 0 saturated carbocycles. The SMILES string of the molecule is CCCn1cc(SC)cn1. The Bertz CT molecular complexity index is 195. The molecule has 0 saturated heterocycles. The second-order valence-corrected chi connectivity index (χ2v) is 3.02. The number of thioether (sulfide) groups is 1. The lowest BCUT2D eigenvalue weighted by Gasteiger charge is -1.93. The first-order valence-corrected chi connectivity index (χ1v) is 4.65. The van der Waals surface area contributed by atoms with Gasteiger partial charge in [0.15, 0.2) is 0 Å². The molecule has 0 fully saturated rings. The Morgan fingerprint density at radius 2 is 2.50 bits per heavy atom. The summed E-state index contributed by atoms with van der Waals surface area (Å²) in [6.07, 6.45) is 7.19. The number of rotatable bonds is 3. The molecule has 0 N–H and O–H groups in total. The quantitative estimate of drug-likeness (QED) is 0.623. The van der Waals surface area contributed by atoms with Crippen LogP contribution in [0.3, 0.4) is 0 Å². The molecular formula is C7H12N2S. The molecule has 0 atom stereocenters. The highest BCUT2D eigenvalue weighted by molar-refractivity contribution is 7.98. The average Bonchev–Trinajstić information content (AvgIpc) is 2.37. The van der Waals surface area contributed by atoms with Crippen molar-refractivity contribution in [3.05, 3.63) is 12.4 Å². The van der Waals surface area contributed by atoms with Crippen molar-refractivity contribution in [3.63, 3.8) is 0 Å². The van der Waals surface area contributed by atoms with Crippen LogP contribution in [-0.2, 0) is 6.54 Å². The van der Waals surface area contributed by atoms with Crippen molar-refractivity contribution in [3.8, 4) is 0 Å². The zero-order valence-electron chi connectivity index (χ0n) is 6.37. The van der Waals surface area contributed by atoms with Crippen LogP contribution in [0.2, 0.25) is 0 Å². The molecule has 0 unspecified atom stereocenters. The molecule has 0 spiro atoms. The standard InChI is InChI=1S/C7H12N2S/c1-3-4-9-6-7(10-2)5-8-9/h5-6H,3-4H2,1-2H3. The Morgan fingerprint density at radius 1 is 1.70 bits per heavy atom. The second-order valence-electron chi connectivity index (χ2n) is 2.14. The largest absolute Gasteiger partial charge is 0.272 e. The maximum atomic E-state index is 4.17. The van der Waals surface area contributed by atoms with Crippen molar-refractivity contribution >= 4 is 11.8 Å². The van der Waals surface area contributed by atoms with E-state index >= 15 is 0 Å². The molecule has 0 aliphatic carbocycles. The first-order chi connectivity index (χ1) is 4.86. The summed E-state index contributed by atoms with van der Waals surface area (Å²) in [5, 5.41) is 4.17. The van der Waals surface area contributed by atoms with Gasteiger partial charge in [-0.2, -0.15) is 5.10 Å². The fourth-order valence-corrected chi connectivity index (χ4v) is 1.18. The molecule has 10 heavy (non-hydrogen) atoms. The summed E-state index contributed by atoms with van der Waals surface area (Å²) in [6.45, 7) is 3.18. The lowest BCUT2D eigenvalue weighted by atomic mass is 10.5. The normalized spacial score (nSPS) is 10.2. The van der Waals surface area contributed by atoms with Crippen molar-refractivity contribution in [2.45, 2.75) is 24.8 Å². The van der Waals surface area contributed by atoms with Crippen molar-refractivity contribution in [2.24, 2.45) is 0 Å². The van der Waals surface area contributed by atoms with Gasteiger partial charge in [0.2, 0.25) is 0 Å². The number of hydrogen-bond donors (Lipinski definition) is 0. The van der Waals surface area contributed by atoms with Gasteiger partial charge in [-0.25, -0.2) is 0 Å². The molecule has 1 rings (SSSR count). The predicted molar refractivity (Wildman–Crippen MR) is 44.3 cm³/mol. The summed E-state index contributed by atoms with van der Waals surface area (Å²) >= 11 is 1.73. The minimum Gasteiger partial charge on any atom is -0.272 e. The third-order valence-corrected chi connectivity index (χ3v) is 1.98. The zero-order chi connectivity index (χ0) is 7.40. The Morgan fingerprint density at radius 3 is 3.00 bits per heavy atom. The summed E-state index contributed by atoms with van der Waals surface area (Å²) in [5.74, 6) is 0. The molecule has 0 bridgehead atoms. The first kappa shape index (κ1) is 7.66. The van der Waals surface area contributed by atoms with Gasteiger partial charge in [-0.05, 0) is 12.7 Å². The van der Waals surface area contributed by atoms with Crippen LogP contribution in [0, 0.1) is 0 Å². The summed E-state index contributed by atoms with van der Waals surface area (Å²) in [7, 11) is 0. The molecule has 1 aromatic rings. The molecule has 1 heterocycles. The minimum absolute atomic E-state index is 1.03. The minimum atomic E-state index is 1.03. The average molecular weight is 156 g/mol. The van der Waals surface area contributed by atoms with E-state index in [9.17, 15) is 0 Å². The Balaban J connectivity index is 2.59. The van der Waals surface area contributed by atoms with Crippen LogP contribution in [0.1, 0.15) is 13.3 Å². The van der Waals surface area contributed by atoms with Gasteiger partial charge in [0, 0.05) is 17.6 Å². The molecule has 0 aliphatic rings. The fourth-order valence-electron chi connectivity index (χ4n) is 0.801. The summed E-state index contributed by atoms with van der Waals surface area (Å²) in [5.41, 5.74) is 0. The van der Waals surface area contributed by atoms with Crippen LogP contribution in [0.5, 0.6) is 0 Å². The van der Waals surface area contributed by atoms with Gasteiger partial charge in [0.1, 0.15) is 0 Å². The molecule has 56 valence electrons. The van der Waals surface area contributed by atoms with E-state index in [1.807, 2.05) is 10.9 Å². The van der Waals surface area contributed by atoms with Gasteiger partial charge in [-0.1, -0.05) is 6.92 Å². The lowest BCUT2D eigenvalue weighted by Crippen LogP contribution is -1.95. The van der Waals surface area contributed by atoms with Crippen LogP contribution in [0.15, 0.2) is 17.3 Å². The van der Waals surface area contributed by atoms with Gasteiger partial charge in [0.25, 0.3) is 0 Å². The van der Waals surface area contributed by atoms with Crippen LogP contribution < -0.4 is 0 Å². The highest BCUT2D eigenvalue weighted by atomic mass is 32.2. The third-order valence-electron chi connectivity index (χ3n) is 1.30. The molecule has 2 nitrogen and oxygen atoms in total. The van der Waals surface area contributed by atoms with Crippen LogP contribution in [-0.4, -0.2) is 16.0 Å². The van der Waals surface area contributed by atoms with Gasteiger partial charge in [-0.15, -0.1) is 11.8 Å². The van der Waals surface area contributed by atoms with Crippen molar-refractivity contribution in [1.29, 1.82) is 0 Å². The number of nitrogens with zero attached hydrogens (tertiary/aromatic N) is 2. The van der Waals surface area contributed by atoms with Gasteiger partial charge < -0.3 is 0 Å². The van der Waals surface area contributed by atoms with E-state index in [1.54, 1.807) is 11.8 Å². The Hall–Kier alpha value is -0.440. The van der Waals surface area contributed by atoms with E-state index < -0.39 is 0 Å². The summed E-state index contributed by atoms with van der Waals surface area (Å²) in [6, 6.07) is 0. The molecule has 1 aromatic heterocycles. The van der Waals surface area contributed by atoms with E-state index in [1.165, 1.54) is 4.90 Å². The Labute approximate surface area is 65.6 Å². The smallest absolute Gasteiger partial charge is 0.0625 e. The monoisotopic (exact) mass is 156 g/mol. The van der Waals surface area contributed by atoms with E-state index in [4.69, 9.17) is 0 Å². The molecule has 0 radical (unpaired) electrons. The van der Waals surface area contributed by atoms with Crippen LogP contribution >= 0.6 is 11.8 Å². The molecule has 0 amide bonds. The zero-order valence-corrected chi connectivity index (χ0v) is 7.19. The van der Waals surface area contributed by atoms with Crippen LogP contribution in [0.25, 0.3) is 0 Å². The second kappa shape index (κ2) is 3.66. The van der Waals surface area contributed by atoms with Gasteiger partial charge in [-0.3, -0.25) is 4.68 Å². The van der Waals surface area contributed by atoms with E-state index in [-0.39, 0.29) is 0 Å². The fraction of sp³-hybridized carbons (Fsp3) is 0.571. The summed E-state index contributed by atoms with van der Waals surface area (Å²) in [4.78, 5) is 1.24. The Kier molecular flexibility index (Phi) is 2.81. The highest BCUT2D eigenvalue weighted by Crippen LogP contribution is 2.11. The van der Waals surface area contributed by atoms with Crippen molar-refractivity contribution < 1.29 is 0 Å². The first-order valence-electron chi connectivity index (χ1n) is 3.43. The van der Waals surface area contributed by atoms with Gasteiger partial charge in [0.05, 0.1) is 6.20 Å². The highest BCUT2D eigenvalue weighted by Gasteiger charge is 1.93. The van der Waals surface area contributed by atoms with Crippen molar-refractivity contribution in [2.75, 3.05) is 6.26 Å². The lowest BCUT2D eigenvalue weighted by molar-refractivity contribution is 0.602. The van der Waals surface area contributed by atoms with E-state index in [0.717, 1.165) is 13.0 Å². The van der Waals surface area contributed by atoms with Crippen molar-refractivity contribution in [1.82, 2.24) is 9.78 Å². The summed E-state index contributed by atoms with van der Waals surface area (Å²) < 4.78 is 1.98. The van der Waals surface area contributed by atoms with E-state index in [2.05, 4.69) is 24.5 Å². The van der Waals surface area contributed by atoms with Crippen LogP contribution in [0.4, 0.5) is 0 Å².